The lowest BCUT2D eigenvalue weighted by Gasteiger charge is -2.13. The average molecular weight is 1370 g/mol. The molecule has 524 valence electrons. The molecule has 9 aromatic carbocycles. The van der Waals surface area contributed by atoms with Crippen LogP contribution in [0.5, 0.6) is 17.2 Å². The highest BCUT2D eigenvalue weighted by molar-refractivity contribution is 6.17. The average Bonchev–Trinajstić information content (AvgIpc) is 1.62. The second kappa shape index (κ2) is 41.2. The Morgan fingerprint density at radius 1 is 0.370 bits per heavy atom. The molecule has 0 spiro atoms. The number of hydrogen-bond donors (Lipinski definition) is 1. The highest BCUT2D eigenvalue weighted by Gasteiger charge is 2.19. The molecular formula is C87H100ClN3O9. The monoisotopic (exact) mass is 1370 g/mol. The van der Waals surface area contributed by atoms with Gasteiger partial charge in [-0.05, 0) is 185 Å². The van der Waals surface area contributed by atoms with Gasteiger partial charge in [0.05, 0.1) is 31.2 Å². The van der Waals surface area contributed by atoms with E-state index in [1.807, 2.05) is 120 Å². The van der Waals surface area contributed by atoms with E-state index in [0.717, 1.165) is 29.8 Å². The number of esters is 3. The van der Waals surface area contributed by atoms with Gasteiger partial charge in [-0.2, -0.15) is 0 Å². The summed E-state index contributed by atoms with van der Waals surface area (Å²) < 4.78 is 35.6. The molecule has 0 radical (unpaired) electrons. The van der Waals surface area contributed by atoms with Crippen LogP contribution in [-0.4, -0.2) is 71.7 Å². The number of hydrogen-bond acceptors (Lipinski definition) is 9. The van der Waals surface area contributed by atoms with Crippen molar-refractivity contribution in [3.63, 3.8) is 0 Å². The van der Waals surface area contributed by atoms with Crippen LogP contribution < -0.4 is 14.2 Å². The zero-order valence-corrected chi connectivity index (χ0v) is 61.9. The van der Waals surface area contributed by atoms with Crippen molar-refractivity contribution in [3.05, 3.63) is 268 Å². The number of benzene rings is 9. The number of aromatic amines is 1. The maximum atomic E-state index is 11.5. The maximum Gasteiger partial charge on any atom is 0.344 e. The molecule has 13 heteroatoms. The van der Waals surface area contributed by atoms with Gasteiger partial charge in [-0.1, -0.05) is 204 Å². The fourth-order valence-corrected chi connectivity index (χ4v) is 11.5. The van der Waals surface area contributed by atoms with Crippen molar-refractivity contribution in [2.75, 3.05) is 39.6 Å². The number of H-pyrrole nitrogens is 1. The summed E-state index contributed by atoms with van der Waals surface area (Å²) in [6.45, 7) is 32.7. The summed E-state index contributed by atoms with van der Waals surface area (Å²) in [5.41, 5.74) is 22.1. The summed E-state index contributed by atoms with van der Waals surface area (Å²) in [7, 11) is 0. The molecule has 0 fully saturated rings. The van der Waals surface area contributed by atoms with Crippen molar-refractivity contribution >= 4 is 62.2 Å². The number of alkyl halides is 1. The predicted octanol–water partition coefficient (Wildman–Crippen LogP) is 21.7. The Balaban J connectivity index is 0.000000213. The molecule has 0 atom stereocenters. The van der Waals surface area contributed by atoms with Crippen LogP contribution in [0.15, 0.2) is 218 Å². The maximum absolute atomic E-state index is 11.5. The van der Waals surface area contributed by atoms with E-state index in [0.29, 0.717) is 42.9 Å². The third kappa shape index (κ3) is 22.1. The van der Waals surface area contributed by atoms with E-state index in [-0.39, 0.29) is 37.7 Å². The van der Waals surface area contributed by atoms with Crippen molar-refractivity contribution in [1.29, 1.82) is 0 Å². The van der Waals surface area contributed by atoms with Crippen molar-refractivity contribution in [3.8, 4) is 51.0 Å². The number of ether oxygens (including phenoxy) is 6. The third-order valence-corrected chi connectivity index (χ3v) is 16.2. The zero-order chi connectivity index (χ0) is 72.5. The summed E-state index contributed by atoms with van der Waals surface area (Å²) in [5, 5.41) is 3.89. The van der Waals surface area contributed by atoms with Gasteiger partial charge >= 0.3 is 17.9 Å². The van der Waals surface area contributed by atoms with Crippen LogP contribution >= 0.6 is 11.6 Å². The Morgan fingerprint density at radius 2 is 0.690 bits per heavy atom. The highest BCUT2D eigenvalue weighted by atomic mass is 35.5. The second-order valence-corrected chi connectivity index (χ2v) is 23.0. The van der Waals surface area contributed by atoms with Gasteiger partial charge in [-0.15, -0.1) is 11.6 Å². The SMILES string of the molecule is CC.CC.CC.CCOC(=O)COc1ccc(CCl)cc1.CCOC(=O)COc1ccc(Cn2c(-c3ccccc3)c(C)c3cc(C)ccc32)cc1.CCOC(=O)COc1ccc(Cn2c(-c3ccccc3)c(C)c3cc(C)ccc32)cc1.Cc1ccc2[nH]c(-c3ccccc3)c(C)c2c1. The number of nitrogens with one attached hydrogen (secondary N) is 1. The molecule has 12 nitrogen and oxygen atoms in total. The van der Waals surface area contributed by atoms with Crippen LogP contribution in [0.1, 0.15) is 112 Å². The number of aromatic nitrogens is 3. The number of carbonyl (C=O) groups is 3. The Bertz CT molecular complexity index is 4250. The fourth-order valence-electron chi connectivity index (χ4n) is 11.3. The number of carbonyl (C=O) groups excluding carboxylic acids is 3. The first-order valence-electron chi connectivity index (χ1n) is 34.8. The van der Waals surface area contributed by atoms with Gasteiger partial charge in [-0.25, -0.2) is 14.4 Å². The van der Waals surface area contributed by atoms with Crippen molar-refractivity contribution < 1.29 is 42.8 Å². The van der Waals surface area contributed by atoms with E-state index < -0.39 is 0 Å². The fraction of sp³-hybridized carbons (Fsp3) is 0.276. The van der Waals surface area contributed by atoms with Crippen molar-refractivity contribution in [1.82, 2.24) is 14.1 Å². The van der Waals surface area contributed by atoms with Crippen LogP contribution in [0.2, 0.25) is 0 Å². The molecule has 0 aliphatic carbocycles. The summed E-state index contributed by atoms with van der Waals surface area (Å²) in [6, 6.07) is 74.4. The molecule has 0 saturated heterocycles. The Morgan fingerprint density at radius 3 is 1.03 bits per heavy atom. The number of rotatable bonds is 20. The first kappa shape index (κ1) is 78.7. The molecule has 12 aromatic rings. The third-order valence-electron chi connectivity index (χ3n) is 15.9. The van der Waals surface area contributed by atoms with Gasteiger partial charge < -0.3 is 42.5 Å². The first-order chi connectivity index (χ1) is 48.6. The Kier molecular flexibility index (Phi) is 32.4. The minimum Gasteiger partial charge on any atom is -0.482 e. The van der Waals surface area contributed by atoms with E-state index in [9.17, 15) is 14.4 Å². The van der Waals surface area contributed by atoms with Gasteiger partial charge in [0, 0.05) is 57.4 Å². The minimum absolute atomic E-state index is 0.0614. The standard InChI is InChI=1S/2C27H27NO3.C16H15N.C11H13ClO3.3C2H6/c2*1-4-30-26(29)18-31-23-13-11-21(12-14-23)17-28-25-15-10-19(2)16-24(25)20(3)27(28)22-8-6-5-7-9-22;1-11-8-9-15-14(10-11)12(2)16(17-15)13-6-4-3-5-7-13;1-2-14-11(13)8-15-10-5-3-9(7-12)4-6-10;3*1-2/h2*5-16H,4,17-18H2,1-3H3;3-10,17H,1-2H3;3-6H,2,7-8H2,1H3;3*1-2H3. The molecule has 0 saturated carbocycles. The molecule has 0 aliphatic heterocycles. The largest absolute Gasteiger partial charge is 0.482 e. The molecule has 12 rings (SSSR count). The summed E-state index contributed by atoms with van der Waals surface area (Å²) >= 11 is 5.63. The summed E-state index contributed by atoms with van der Waals surface area (Å²) in [6.07, 6.45) is 0. The van der Waals surface area contributed by atoms with E-state index >= 15 is 0 Å². The van der Waals surface area contributed by atoms with E-state index in [4.69, 9.17) is 40.0 Å². The normalized spacial score (nSPS) is 10.3. The lowest BCUT2D eigenvalue weighted by atomic mass is 10.1. The minimum atomic E-state index is -0.362. The predicted molar refractivity (Wildman–Crippen MR) is 414 cm³/mol. The van der Waals surface area contributed by atoms with Gasteiger partial charge in [-0.3, -0.25) is 0 Å². The van der Waals surface area contributed by atoms with Crippen LogP contribution in [0, 0.1) is 41.5 Å². The number of fused-ring (bicyclic) bond motifs is 3. The summed E-state index contributed by atoms with van der Waals surface area (Å²) in [5.74, 6) is 1.34. The molecule has 1 N–H and O–H groups in total. The first-order valence-corrected chi connectivity index (χ1v) is 35.3. The van der Waals surface area contributed by atoms with Crippen LogP contribution in [0.25, 0.3) is 66.5 Å². The zero-order valence-electron chi connectivity index (χ0n) is 61.1. The van der Waals surface area contributed by atoms with Gasteiger partial charge in [0.1, 0.15) is 17.2 Å². The molecule has 3 aromatic heterocycles. The Labute approximate surface area is 597 Å². The molecule has 100 heavy (non-hydrogen) atoms. The number of halogens is 1. The highest BCUT2D eigenvalue weighted by Crippen LogP contribution is 2.37. The Hall–Kier alpha value is -10.3. The molecule has 0 bridgehead atoms. The van der Waals surface area contributed by atoms with Crippen molar-refractivity contribution in [2.24, 2.45) is 0 Å². The van der Waals surface area contributed by atoms with Gasteiger partial charge in [0.25, 0.3) is 0 Å². The molecule has 0 amide bonds. The lowest BCUT2D eigenvalue weighted by Crippen LogP contribution is -2.14. The van der Waals surface area contributed by atoms with Crippen molar-refractivity contribution in [2.45, 2.75) is 123 Å². The van der Waals surface area contributed by atoms with E-state index in [2.05, 4.69) is 183 Å². The van der Waals surface area contributed by atoms with Crippen LogP contribution in [0.3, 0.4) is 0 Å². The van der Waals surface area contributed by atoms with Crippen LogP contribution in [0.4, 0.5) is 0 Å². The lowest BCUT2D eigenvalue weighted by molar-refractivity contribution is -0.146. The number of aryl methyl sites for hydroxylation is 6. The molecule has 0 unspecified atom stereocenters. The molecular weight excluding hydrogens is 1270 g/mol. The van der Waals surface area contributed by atoms with Gasteiger partial charge in [0.15, 0.2) is 19.8 Å². The number of nitrogens with zero attached hydrogens (tertiary/aromatic N) is 2. The van der Waals surface area contributed by atoms with E-state index in [1.54, 1.807) is 32.9 Å². The van der Waals surface area contributed by atoms with Gasteiger partial charge in [0.2, 0.25) is 0 Å². The smallest absolute Gasteiger partial charge is 0.344 e. The molecule has 0 aliphatic rings. The van der Waals surface area contributed by atoms with E-state index in [1.165, 1.54) is 99.9 Å². The van der Waals surface area contributed by atoms with Crippen LogP contribution in [-0.2, 0) is 47.6 Å². The topological polar surface area (TPSA) is 132 Å². The summed E-state index contributed by atoms with van der Waals surface area (Å²) in [4.78, 5) is 37.5. The second-order valence-electron chi connectivity index (χ2n) is 22.8. The quantitative estimate of drug-likeness (QED) is 0.0450. The molecule has 3 heterocycles.